The van der Waals surface area contributed by atoms with E-state index >= 15 is 0 Å². The largest absolute Gasteiger partial charge is 0.573 e. The second-order valence-electron chi connectivity index (χ2n) is 6.65. The number of halogens is 6. The van der Waals surface area contributed by atoms with Crippen LogP contribution in [0, 0.1) is 0 Å². The Labute approximate surface area is 209 Å². The van der Waals surface area contributed by atoms with Gasteiger partial charge in [-0.05, 0) is 36.4 Å². The van der Waals surface area contributed by atoms with Crippen molar-refractivity contribution in [2.45, 2.75) is 12.9 Å². The van der Waals surface area contributed by atoms with Gasteiger partial charge in [0.2, 0.25) is 0 Å². The average molecular weight is 537 g/mol. The van der Waals surface area contributed by atoms with Crippen LogP contribution < -0.4 is 20.5 Å². The average Bonchev–Trinajstić information content (AvgIpc) is 3.13. The zero-order valence-electron chi connectivity index (χ0n) is 17.3. The predicted molar refractivity (Wildman–Crippen MR) is 129 cm³/mol. The number of nitrogens with one attached hydrogen (secondary N) is 1. The number of nitrogens with zero attached hydrogens (tertiary/aromatic N) is 3. The Kier molecular flexibility index (Phi) is 9.22. The molecule has 0 fully saturated rings. The molecule has 0 spiro atoms. The van der Waals surface area contributed by atoms with Gasteiger partial charge in [-0.25, -0.2) is 9.97 Å². The van der Waals surface area contributed by atoms with E-state index in [2.05, 4.69) is 20.0 Å². The van der Waals surface area contributed by atoms with Crippen molar-refractivity contribution in [3.05, 3.63) is 66.1 Å². The van der Waals surface area contributed by atoms with Gasteiger partial charge in [-0.1, -0.05) is 17.7 Å². The van der Waals surface area contributed by atoms with Crippen LogP contribution in [0.1, 0.15) is 0 Å². The maximum atomic E-state index is 12.4. The zero-order chi connectivity index (χ0) is 22.7. The highest BCUT2D eigenvalue weighted by Crippen LogP contribution is 2.35. The van der Waals surface area contributed by atoms with Crippen molar-refractivity contribution >= 4 is 59.0 Å². The molecule has 34 heavy (non-hydrogen) atoms. The molecule has 0 unspecified atom stereocenters. The second kappa shape index (κ2) is 11.5. The number of alkyl halides is 3. The van der Waals surface area contributed by atoms with Crippen LogP contribution in [0.25, 0.3) is 11.0 Å². The molecule has 4 rings (SSSR count). The summed E-state index contributed by atoms with van der Waals surface area (Å²) in [5, 5.41) is 3.45. The number of fused-ring (bicyclic) bond motifs is 1. The highest BCUT2D eigenvalue weighted by molar-refractivity contribution is 6.32. The Morgan fingerprint density at radius 2 is 1.79 bits per heavy atom. The fourth-order valence-corrected chi connectivity index (χ4v) is 3.33. The van der Waals surface area contributed by atoms with Crippen LogP contribution in [0.3, 0.4) is 0 Å². The number of nitrogens with two attached hydrogens (primary N) is 1. The lowest BCUT2D eigenvalue weighted by molar-refractivity contribution is -0.274. The molecule has 3 N–H and O–H groups in total. The third-order valence-corrected chi connectivity index (χ3v) is 4.68. The van der Waals surface area contributed by atoms with E-state index in [0.29, 0.717) is 24.6 Å². The third kappa shape index (κ3) is 6.57. The molecule has 4 aromatic rings. The lowest BCUT2D eigenvalue weighted by Gasteiger charge is -2.13. The molecule has 2 heterocycles. The summed E-state index contributed by atoms with van der Waals surface area (Å²) in [5.74, 6) is 0.597. The molecule has 7 nitrogen and oxygen atoms in total. The molecule has 13 heteroatoms. The van der Waals surface area contributed by atoms with E-state index < -0.39 is 12.1 Å². The molecule has 0 saturated carbocycles. The van der Waals surface area contributed by atoms with Crippen LogP contribution in [0.4, 0.5) is 24.7 Å². The molecule has 0 radical (unpaired) electrons. The molecule has 182 valence electrons. The van der Waals surface area contributed by atoms with Crippen LogP contribution in [0.5, 0.6) is 17.2 Å². The van der Waals surface area contributed by atoms with E-state index in [9.17, 15) is 13.2 Å². The monoisotopic (exact) mass is 535 g/mol. The molecule has 2 aromatic heterocycles. The molecule has 0 aliphatic carbocycles. The van der Waals surface area contributed by atoms with Gasteiger partial charge in [-0.15, -0.1) is 38.0 Å². The number of aromatic nitrogens is 3. The second-order valence-corrected chi connectivity index (χ2v) is 7.06. The summed E-state index contributed by atoms with van der Waals surface area (Å²) < 4.78 is 48.8. The molecule has 2 aromatic carbocycles. The number of benzene rings is 2. The molecular formula is C21H19Cl3F3N5O2. The van der Waals surface area contributed by atoms with E-state index in [1.807, 2.05) is 16.8 Å². The van der Waals surface area contributed by atoms with E-state index in [-0.39, 0.29) is 41.3 Å². The molecule has 0 atom stereocenters. The van der Waals surface area contributed by atoms with Gasteiger partial charge in [-0.2, -0.15) is 0 Å². The lowest BCUT2D eigenvalue weighted by atomic mass is 10.2. The van der Waals surface area contributed by atoms with Gasteiger partial charge in [0.05, 0.1) is 10.5 Å². The number of ether oxygens (including phenoxy) is 2. The quantitative estimate of drug-likeness (QED) is 0.287. The number of anilines is 2. The summed E-state index contributed by atoms with van der Waals surface area (Å²) in [4.78, 5) is 8.57. The van der Waals surface area contributed by atoms with Crippen molar-refractivity contribution in [2.24, 2.45) is 5.73 Å². The predicted octanol–water partition coefficient (Wildman–Crippen LogP) is 6.32. The first kappa shape index (κ1) is 27.3. The Bertz CT molecular complexity index is 1250. The van der Waals surface area contributed by atoms with E-state index in [0.717, 1.165) is 17.1 Å². The van der Waals surface area contributed by atoms with Gasteiger partial charge in [0.25, 0.3) is 0 Å². The normalized spacial score (nSPS) is 10.9. The summed E-state index contributed by atoms with van der Waals surface area (Å²) in [6.07, 6.45) is -1.45. The third-order valence-electron chi connectivity index (χ3n) is 4.38. The van der Waals surface area contributed by atoms with Gasteiger partial charge in [0, 0.05) is 31.0 Å². The van der Waals surface area contributed by atoms with E-state index in [1.54, 1.807) is 18.2 Å². The number of hydrogen-bond donors (Lipinski definition) is 2. The summed E-state index contributed by atoms with van der Waals surface area (Å²) in [6, 6.07) is 12.0. The number of hydrogen-bond acceptors (Lipinski definition) is 6. The first-order chi connectivity index (χ1) is 15.3. The topological polar surface area (TPSA) is 87.2 Å². The highest BCUT2D eigenvalue weighted by Gasteiger charge is 2.31. The molecule has 0 aliphatic rings. The minimum atomic E-state index is -4.79. The lowest BCUT2D eigenvalue weighted by Crippen LogP contribution is -2.17. The van der Waals surface area contributed by atoms with Crippen molar-refractivity contribution in [1.29, 1.82) is 0 Å². The van der Waals surface area contributed by atoms with Gasteiger partial charge in [0.1, 0.15) is 29.1 Å². The van der Waals surface area contributed by atoms with Gasteiger partial charge in [0.15, 0.2) is 5.82 Å². The van der Waals surface area contributed by atoms with Crippen LogP contribution >= 0.6 is 36.4 Å². The van der Waals surface area contributed by atoms with Gasteiger partial charge in [-0.3, -0.25) is 0 Å². The Balaban J connectivity index is 0.00000204. The minimum absolute atomic E-state index is 0. The SMILES string of the molecule is Cl.Cl.NCCn1ccc2ncnc(Nc3ccc(Oc4cccc(OC(F)(F)F)c4)c(Cl)c3)c21. The Morgan fingerprint density at radius 1 is 1.03 bits per heavy atom. The van der Waals surface area contributed by atoms with Crippen molar-refractivity contribution in [3.63, 3.8) is 0 Å². The van der Waals surface area contributed by atoms with Gasteiger partial charge >= 0.3 is 6.36 Å². The highest BCUT2D eigenvalue weighted by atomic mass is 35.5. The molecule has 0 aliphatic heterocycles. The maximum absolute atomic E-state index is 12.4. The smallest absolute Gasteiger partial charge is 0.456 e. The maximum Gasteiger partial charge on any atom is 0.573 e. The van der Waals surface area contributed by atoms with Crippen LogP contribution in [0.2, 0.25) is 5.02 Å². The van der Waals surface area contributed by atoms with E-state index in [4.69, 9.17) is 22.1 Å². The van der Waals surface area contributed by atoms with Crippen LogP contribution in [-0.4, -0.2) is 27.4 Å². The zero-order valence-corrected chi connectivity index (χ0v) is 19.6. The molecule has 0 amide bonds. The summed E-state index contributed by atoms with van der Waals surface area (Å²) in [5.41, 5.74) is 7.88. The van der Waals surface area contributed by atoms with E-state index in [1.165, 1.54) is 24.5 Å². The molecule has 0 saturated heterocycles. The van der Waals surface area contributed by atoms with Crippen LogP contribution in [-0.2, 0) is 6.54 Å². The Hall–Kier alpha value is -2.92. The molecular weight excluding hydrogens is 518 g/mol. The van der Waals surface area contributed by atoms with Crippen molar-refractivity contribution in [2.75, 3.05) is 11.9 Å². The summed E-state index contributed by atoms with van der Waals surface area (Å²) >= 11 is 6.34. The number of rotatable bonds is 7. The van der Waals surface area contributed by atoms with Gasteiger partial charge < -0.3 is 25.1 Å². The first-order valence-electron chi connectivity index (χ1n) is 9.42. The van der Waals surface area contributed by atoms with Crippen molar-refractivity contribution in [1.82, 2.24) is 14.5 Å². The minimum Gasteiger partial charge on any atom is -0.456 e. The summed E-state index contributed by atoms with van der Waals surface area (Å²) in [7, 11) is 0. The molecule has 0 bridgehead atoms. The summed E-state index contributed by atoms with van der Waals surface area (Å²) in [6.45, 7) is 1.07. The standard InChI is InChI=1S/C21H17ClF3N5O2.2ClH/c22-16-10-13(29-20-19-17(27-12-28-20)6-8-30(19)9-7-26)4-5-18(16)31-14-2-1-3-15(11-14)32-21(23,24)25;;/h1-6,8,10-12H,7,9,26H2,(H,27,28,29);2*1H. The van der Waals surface area contributed by atoms with Crippen LogP contribution in [0.15, 0.2) is 61.1 Å². The fraction of sp³-hybridized carbons (Fsp3) is 0.143. The van der Waals surface area contributed by atoms with Crippen molar-refractivity contribution < 1.29 is 22.6 Å². The van der Waals surface area contributed by atoms with Crippen molar-refractivity contribution in [3.8, 4) is 17.2 Å². The fourth-order valence-electron chi connectivity index (χ4n) is 3.11. The Morgan fingerprint density at radius 3 is 2.50 bits per heavy atom. The first-order valence-corrected chi connectivity index (χ1v) is 9.80.